The van der Waals surface area contributed by atoms with Crippen molar-refractivity contribution in [2.45, 2.75) is 6.92 Å². The fourth-order valence-electron chi connectivity index (χ4n) is 1.83. The number of carbonyl (C=O) groups is 1. The molecule has 2 aromatic rings. The minimum absolute atomic E-state index is 0.0904. The first-order chi connectivity index (χ1) is 9.52. The molecule has 4 nitrogen and oxygen atoms in total. The molecule has 0 fully saturated rings. The molecule has 0 aliphatic rings. The summed E-state index contributed by atoms with van der Waals surface area (Å²) in [4.78, 5) is 17.8. The van der Waals surface area contributed by atoms with E-state index in [1.165, 1.54) is 29.3 Å². The topological polar surface area (TPSA) is 53.4 Å². The third-order valence-electron chi connectivity index (χ3n) is 2.76. The smallest absolute Gasteiger partial charge is 0.259 e. The number of anilines is 1. The third-order valence-corrected chi connectivity index (χ3v) is 3.26. The zero-order chi connectivity index (χ0) is 14.7. The molecule has 0 aliphatic carbocycles. The zero-order valence-corrected chi connectivity index (χ0v) is 12.2. The number of phenols is 1. The van der Waals surface area contributed by atoms with Gasteiger partial charge in [-0.2, -0.15) is 0 Å². The van der Waals surface area contributed by atoms with Crippen LogP contribution in [-0.2, 0) is 0 Å². The van der Waals surface area contributed by atoms with Crippen LogP contribution < -0.4 is 4.90 Å². The Morgan fingerprint density at radius 2 is 2.10 bits per heavy atom. The molecule has 0 spiro atoms. The van der Waals surface area contributed by atoms with Gasteiger partial charge >= 0.3 is 0 Å². The number of hydrogen-bond donors (Lipinski definition) is 1. The second-order valence-electron chi connectivity index (χ2n) is 4.06. The van der Waals surface area contributed by atoms with E-state index >= 15 is 0 Å². The van der Waals surface area contributed by atoms with Crippen molar-refractivity contribution in [3.05, 3.63) is 52.3 Å². The van der Waals surface area contributed by atoms with Gasteiger partial charge in [0, 0.05) is 24.5 Å². The fraction of sp³-hybridized carbons (Fsp3) is 0.143. The predicted octanol–water partition coefficient (Wildman–Crippen LogP) is 3.76. The van der Waals surface area contributed by atoms with Crippen LogP contribution in [0.3, 0.4) is 0 Å². The average molecular weight is 311 g/mol. The van der Waals surface area contributed by atoms with E-state index in [4.69, 9.17) is 23.2 Å². The van der Waals surface area contributed by atoms with E-state index in [-0.39, 0.29) is 27.4 Å². The van der Waals surface area contributed by atoms with Crippen molar-refractivity contribution in [2.75, 3.05) is 11.4 Å². The lowest BCUT2D eigenvalue weighted by Gasteiger charge is -2.21. The van der Waals surface area contributed by atoms with Crippen molar-refractivity contribution in [3.63, 3.8) is 0 Å². The normalized spacial score (nSPS) is 10.3. The number of hydrogen-bond acceptors (Lipinski definition) is 3. The van der Waals surface area contributed by atoms with Crippen molar-refractivity contribution in [1.29, 1.82) is 0 Å². The van der Waals surface area contributed by atoms with Gasteiger partial charge in [-0.15, -0.1) is 0 Å². The van der Waals surface area contributed by atoms with Crippen molar-refractivity contribution >= 4 is 34.8 Å². The van der Waals surface area contributed by atoms with Gasteiger partial charge in [-0.25, -0.2) is 4.98 Å². The highest BCUT2D eigenvalue weighted by molar-refractivity contribution is 6.35. The Morgan fingerprint density at radius 1 is 1.35 bits per heavy atom. The molecule has 1 amide bonds. The Balaban J connectivity index is 2.41. The highest BCUT2D eigenvalue weighted by Gasteiger charge is 2.19. The first-order valence-corrected chi connectivity index (χ1v) is 6.70. The van der Waals surface area contributed by atoms with Crippen LogP contribution in [0.2, 0.25) is 10.2 Å². The van der Waals surface area contributed by atoms with E-state index in [1.807, 2.05) is 6.92 Å². The number of halogens is 2. The Hall–Kier alpha value is -1.78. The molecule has 0 aliphatic heterocycles. The molecule has 2 rings (SSSR count). The van der Waals surface area contributed by atoms with Crippen LogP contribution in [0.25, 0.3) is 0 Å². The summed E-state index contributed by atoms with van der Waals surface area (Å²) in [6.07, 6.45) is 1.34. The van der Waals surface area contributed by atoms with E-state index in [0.717, 1.165) is 0 Å². The molecule has 0 bridgehead atoms. The Kier molecular flexibility index (Phi) is 4.47. The number of amides is 1. The molecule has 0 saturated heterocycles. The van der Waals surface area contributed by atoms with Crippen molar-refractivity contribution in [2.24, 2.45) is 0 Å². The maximum Gasteiger partial charge on any atom is 0.259 e. The van der Waals surface area contributed by atoms with Crippen LogP contribution in [-0.4, -0.2) is 22.5 Å². The summed E-state index contributed by atoms with van der Waals surface area (Å²) in [6.45, 7) is 2.26. The Bertz CT molecular complexity index is 647. The molecule has 0 saturated carbocycles. The van der Waals surface area contributed by atoms with Crippen LogP contribution >= 0.6 is 23.2 Å². The fourth-order valence-corrected chi connectivity index (χ4v) is 2.17. The number of aromatic nitrogens is 1. The Morgan fingerprint density at radius 3 is 2.75 bits per heavy atom. The molecule has 0 atom stereocenters. The minimum Gasteiger partial charge on any atom is -0.508 e. The highest BCUT2D eigenvalue weighted by atomic mass is 35.5. The third kappa shape index (κ3) is 3.03. The summed E-state index contributed by atoms with van der Waals surface area (Å²) < 4.78 is 0. The summed E-state index contributed by atoms with van der Waals surface area (Å²) in [5, 5.41) is 9.95. The lowest BCUT2D eigenvalue weighted by atomic mass is 10.2. The maximum absolute atomic E-state index is 12.5. The van der Waals surface area contributed by atoms with E-state index in [2.05, 4.69) is 4.98 Å². The monoisotopic (exact) mass is 310 g/mol. The number of benzene rings is 1. The van der Waals surface area contributed by atoms with Gasteiger partial charge in [0.05, 0.1) is 10.6 Å². The van der Waals surface area contributed by atoms with Crippen molar-refractivity contribution < 1.29 is 9.90 Å². The highest BCUT2D eigenvalue weighted by Crippen LogP contribution is 2.25. The SMILES string of the molecule is CCN(C(=O)c1cc(Cl)ncc1Cl)c1cccc(O)c1. The molecular weight excluding hydrogens is 299 g/mol. The molecule has 104 valence electrons. The second-order valence-corrected chi connectivity index (χ2v) is 4.85. The van der Waals surface area contributed by atoms with Crippen LogP contribution in [0.5, 0.6) is 5.75 Å². The number of pyridine rings is 1. The lowest BCUT2D eigenvalue weighted by Crippen LogP contribution is -2.30. The number of aromatic hydroxyl groups is 1. The Labute approximate surface area is 126 Å². The standard InChI is InChI=1S/C14H12Cl2N2O2/c1-2-18(9-4-3-5-10(19)6-9)14(20)11-7-13(16)17-8-12(11)15/h3-8,19H,2H2,1H3. The van der Waals surface area contributed by atoms with E-state index < -0.39 is 0 Å². The number of phenolic OH excluding ortho intramolecular Hbond substituents is 1. The van der Waals surface area contributed by atoms with Crippen LogP contribution in [0.4, 0.5) is 5.69 Å². The summed E-state index contributed by atoms with van der Waals surface area (Å²) in [6, 6.07) is 7.88. The second kappa shape index (κ2) is 6.11. The lowest BCUT2D eigenvalue weighted by molar-refractivity contribution is 0.0988. The quantitative estimate of drug-likeness (QED) is 0.878. The molecular formula is C14H12Cl2N2O2. The number of nitrogens with zero attached hydrogens (tertiary/aromatic N) is 2. The molecule has 1 heterocycles. The van der Waals surface area contributed by atoms with Crippen LogP contribution in [0.1, 0.15) is 17.3 Å². The summed E-state index contributed by atoms with van der Waals surface area (Å²) in [5.41, 5.74) is 0.860. The number of carbonyl (C=O) groups excluding carboxylic acids is 1. The maximum atomic E-state index is 12.5. The van der Waals surface area contributed by atoms with Gasteiger partial charge in [0.25, 0.3) is 5.91 Å². The van der Waals surface area contributed by atoms with Gasteiger partial charge in [0.1, 0.15) is 10.9 Å². The van der Waals surface area contributed by atoms with E-state index in [9.17, 15) is 9.90 Å². The van der Waals surface area contributed by atoms with Crippen LogP contribution in [0.15, 0.2) is 36.5 Å². The van der Waals surface area contributed by atoms with Crippen LogP contribution in [0, 0.1) is 0 Å². The van der Waals surface area contributed by atoms with E-state index in [0.29, 0.717) is 12.2 Å². The zero-order valence-electron chi connectivity index (χ0n) is 10.7. The molecule has 6 heteroatoms. The summed E-state index contributed by atoms with van der Waals surface area (Å²) in [5.74, 6) is -0.208. The molecule has 1 N–H and O–H groups in total. The van der Waals surface area contributed by atoms with Gasteiger partial charge < -0.3 is 10.0 Å². The largest absolute Gasteiger partial charge is 0.508 e. The minimum atomic E-state index is -0.299. The first kappa shape index (κ1) is 14.6. The average Bonchev–Trinajstić information content (AvgIpc) is 2.42. The predicted molar refractivity (Wildman–Crippen MR) is 79.7 cm³/mol. The van der Waals surface area contributed by atoms with Gasteiger partial charge in [-0.05, 0) is 25.1 Å². The van der Waals surface area contributed by atoms with Gasteiger partial charge in [0.15, 0.2) is 0 Å². The molecule has 1 aromatic heterocycles. The molecule has 20 heavy (non-hydrogen) atoms. The molecule has 0 unspecified atom stereocenters. The van der Waals surface area contributed by atoms with Crippen molar-refractivity contribution in [1.82, 2.24) is 4.98 Å². The first-order valence-electron chi connectivity index (χ1n) is 5.95. The number of rotatable bonds is 3. The molecule has 1 aromatic carbocycles. The molecule has 0 radical (unpaired) electrons. The van der Waals surface area contributed by atoms with Gasteiger partial charge in [0.2, 0.25) is 0 Å². The van der Waals surface area contributed by atoms with Gasteiger partial charge in [-0.1, -0.05) is 29.3 Å². The van der Waals surface area contributed by atoms with Gasteiger partial charge in [-0.3, -0.25) is 4.79 Å². The summed E-state index contributed by atoms with van der Waals surface area (Å²) in [7, 11) is 0. The summed E-state index contributed by atoms with van der Waals surface area (Å²) >= 11 is 11.8. The van der Waals surface area contributed by atoms with Crippen molar-refractivity contribution in [3.8, 4) is 5.75 Å². The van der Waals surface area contributed by atoms with E-state index in [1.54, 1.807) is 12.1 Å².